The van der Waals surface area contributed by atoms with Gasteiger partial charge in [0.05, 0.1) is 0 Å². The molecule has 1 nitrogen and oxygen atoms in total. The molecule has 86 valence electrons. The van der Waals surface area contributed by atoms with Crippen LogP contribution in [-0.2, 0) is 0 Å². The zero-order valence-corrected chi connectivity index (χ0v) is 10.6. The molecule has 0 radical (unpaired) electrons. The SMILES string of the molecule is CC1CC(N2CCCCC2)=CC(C)(C)C1. The van der Waals surface area contributed by atoms with Gasteiger partial charge in [0.1, 0.15) is 0 Å². The summed E-state index contributed by atoms with van der Waals surface area (Å²) in [6, 6.07) is 0. The van der Waals surface area contributed by atoms with Crippen LogP contribution < -0.4 is 0 Å². The summed E-state index contributed by atoms with van der Waals surface area (Å²) < 4.78 is 0. The summed E-state index contributed by atoms with van der Waals surface area (Å²) in [7, 11) is 0. The zero-order valence-electron chi connectivity index (χ0n) is 10.6. The van der Waals surface area contributed by atoms with E-state index in [0.29, 0.717) is 5.41 Å². The van der Waals surface area contributed by atoms with Crippen molar-refractivity contribution in [2.45, 2.75) is 52.9 Å². The number of likely N-dealkylation sites (tertiary alicyclic amines) is 1. The predicted molar refractivity (Wildman–Crippen MR) is 65.7 cm³/mol. The highest BCUT2D eigenvalue weighted by molar-refractivity contribution is 5.12. The first-order chi connectivity index (χ1) is 7.07. The van der Waals surface area contributed by atoms with Gasteiger partial charge in [-0.3, -0.25) is 0 Å². The molecule has 15 heavy (non-hydrogen) atoms. The second kappa shape index (κ2) is 4.19. The lowest BCUT2D eigenvalue weighted by Crippen LogP contribution is -2.33. The molecule has 2 rings (SSSR count). The molecule has 0 N–H and O–H groups in total. The van der Waals surface area contributed by atoms with E-state index in [9.17, 15) is 0 Å². The minimum Gasteiger partial charge on any atom is -0.375 e. The van der Waals surface area contributed by atoms with E-state index < -0.39 is 0 Å². The van der Waals surface area contributed by atoms with Gasteiger partial charge < -0.3 is 4.90 Å². The van der Waals surface area contributed by atoms with Gasteiger partial charge in [0.15, 0.2) is 0 Å². The summed E-state index contributed by atoms with van der Waals surface area (Å²) in [5.41, 5.74) is 2.06. The molecule has 1 unspecified atom stereocenters. The van der Waals surface area contributed by atoms with Gasteiger partial charge in [0.25, 0.3) is 0 Å². The van der Waals surface area contributed by atoms with Crippen LogP contribution in [-0.4, -0.2) is 18.0 Å². The summed E-state index contributed by atoms with van der Waals surface area (Å²) >= 11 is 0. The normalized spacial score (nSPS) is 31.3. The largest absolute Gasteiger partial charge is 0.375 e. The van der Waals surface area contributed by atoms with Gasteiger partial charge in [-0.2, -0.15) is 0 Å². The molecule has 0 amide bonds. The highest BCUT2D eigenvalue weighted by Gasteiger charge is 2.27. The average molecular weight is 207 g/mol. The molecule has 0 spiro atoms. The fraction of sp³-hybridized carbons (Fsp3) is 0.857. The van der Waals surface area contributed by atoms with Gasteiger partial charge in [-0.05, 0) is 43.4 Å². The topological polar surface area (TPSA) is 3.24 Å². The average Bonchev–Trinajstić information content (AvgIpc) is 2.16. The molecule has 0 bridgehead atoms. The van der Waals surface area contributed by atoms with Crippen LogP contribution in [0.2, 0.25) is 0 Å². The molecule has 2 aliphatic rings. The van der Waals surface area contributed by atoms with E-state index in [1.54, 1.807) is 5.70 Å². The highest BCUT2D eigenvalue weighted by atomic mass is 15.1. The van der Waals surface area contributed by atoms with Crippen molar-refractivity contribution in [1.29, 1.82) is 0 Å². The highest BCUT2D eigenvalue weighted by Crippen LogP contribution is 2.38. The molecule has 1 aliphatic carbocycles. The second-order valence-electron chi connectivity index (χ2n) is 6.19. The van der Waals surface area contributed by atoms with Gasteiger partial charge >= 0.3 is 0 Å². The third-order valence-corrected chi connectivity index (χ3v) is 3.75. The van der Waals surface area contributed by atoms with Gasteiger partial charge in [-0.25, -0.2) is 0 Å². The van der Waals surface area contributed by atoms with Gasteiger partial charge in [0.2, 0.25) is 0 Å². The van der Waals surface area contributed by atoms with Crippen LogP contribution in [0.3, 0.4) is 0 Å². The standard InChI is InChI=1S/C14H25N/c1-12-9-13(11-14(2,3)10-12)15-7-5-4-6-8-15/h11-12H,4-10H2,1-3H3. The summed E-state index contributed by atoms with van der Waals surface area (Å²) in [6.45, 7) is 9.77. The fourth-order valence-electron chi connectivity index (χ4n) is 3.30. The molecule has 1 heteroatoms. The molecule has 1 aliphatic heterocycles. The second-order valence-corrected chi connectivity index (χ2v) is 6.19. The van der Waals surface area contributed by atoms with E-state index in [-0.39, 0.29) is 0 Å². The summed E-state index contributed by atoms with van der Waals surface area (Å²) in [6.07, 6.45) is 9.42. The maximum absolute atomic E-state index is 2.64. The van der Waals surface area contributed by atoms with Crippen LogP contribution in [0.1, 0.15) is 52.9 Å². The molecular weight excluding hydrogens is 182 g/mol. The zero-order chi connectivity index (χ0) is 10.9. The molecular formula is C14H25N. The predicted octanol–water partition coefficient (Wildman–Crippen LogP) is 3.81. The number of piperidine rings is 1. The molecule has 1 heterocycles. The Morgan fingerprint density at radius 3 is 2.47 bits per heavy atom. The van der Waals surface area contributed by atoms with Crippen LogP contribution in [0.5, 0.6) is 0 Å². The third kappa shape index (κ3) is 2.76. The van der Waals surface area contributed by atoms with Crippen LogP contribution in [0.15, 0.2) is 11.8 Å². The van der Waals surface area contributed by atoms with Crippen molar-refractivity contribution in [2.24, 2.45) is 11.3 Å². The lowest BCUT2D eigenvalue weighted by atomic mass is 9.76. The number of rotatable bonds is 1. The third-order valence-electron chi connectivity index (χ3n) is 3.75. The first-order valence-corrected chi connectivity index (χ1v) is 6.53. The fourth-order valence-corrected chi connectivity index (χ4v) is 3.30. The molecule has 1 fully saturated rings. The Labute approximate surface area is 94.5 Å². The van der Waals surface area contributed by atoms with E-state index in [0.717, 1.165) is 5.92 Å². The van der Waals surface area contributed by atoms with Crippen molar-refractivity contribution in [1.82, 2.24) is 4.90 Å². The molecule has 0 aromatic carbocycles. The molecule has 0 aromatic rings. The van der Waals surface area contributed by atoms with Crippen molar-refractivity contribution in [3.8, 4) is 0 Å². The Morgan fingerprint density at radius 2 is 1.87 bits per heavy atom. The van der Waals surface area contributed by atoms with Crippen molar-refractivity contribution >= 4 is 0 Å². The van der Waals surface area contributed by atoms with E-state index in [1.165, 1.54) is 45.2 Å². The maximum atomic E-state index is 2.64. The van der Waals surface area contributed by atoms with E-state index in [2.05, 4.69) is 31.7 Å². The van der Waals surface area contributed by atoms with E-state index in [1.807, 2.05) is 0 Å². The van der Waals surface area contributed by atoms with Crippen molar-refractivity contribution in [3.63, 3.8) is 0 Å². The minimum atomic E-state index is 0.421. The number of nitrogens with zero attached hydrogens (tertiary/aromatic N) is 1. The summed E-state index contributed by atoms with van der Waals surface area (Å²) in [5, 5.41) is 0. The van der Waals surface area contributed by atoms with E-state index >= 15 is 0 Å². The van der Waals surface area contributed by atoms with Gasteiger partial charge in [0, 0.05) is 18.8 Å². The minimum absolute atomic E-state index is 0.421. The van der Waals surface area contributed by atoms with Crippen LogP contribution in [0.4, 0.5) is 0 Å². The monoisotopic (exact) mass is 207 g/mol. The Kier molecular flexibility index (Phi) is 3.08. The summed E-state index contributed by atoms with van der Waals surface area (Å²) in [4.78, 5) is 2.64. The van der Waals surface area contributed by atoms with Gasteiger partial charge in [-0.1, -0.05) is 26.8 Å². The lowest BCUT2D eigenvalue weighted by molar-refractivity contribution is 0.228. The van der Waals surface area contributed by atoms with Crippen LogP contribution in [0.25, 0.3) is 0 Å². The summed E-state index contributed by atoms with van der Waals surface area (Å²) in [5.74, 6) is 0.863. The van der Waals surface area contributed by atoms with Crippen molar-refractivity contribution in [3.05, 3.63) is 11.8 Å². The lowest BCUT2D eigenvalue weighted by Gasteiger charge is -2.39. The Hall–Kier alpha value is -0.460. The smallest absolute Gasteiger partial charge is 0.0174 e. The van der Waals surface area contributed by atoms with Crippen LogP contribution >= 0.6 is 0 Å². The quantitative estimate of drug-likeness (QED) is 0.632. The Bertz CT molecular complexity index is 246. The molecule has 0 aromatic heterocycles. The van der Waals surface area contributed by atoms with Gasteiger partial charge in [-0.15, -0.1) is 0 Å². The Balaban J connectivity index is 2.09. The molecule has 1 saturated heterocycles. The number of hydrogen-bond acceptors (Lipinski definition) is 1. The van der Waals surface area contributed by atoms with Crippen molar-refractivity contribution < 1.29 is 0 Å². The Morgan fingerprint density at radius 1 is 1.20 bits per heavy atom. The molecule has 0 saturated carbocycles. The maximum Gasteiger partial charge on any atom is 0.0174 e. The number of allylic oxidation sites excluding steroid dienone is 2. The first kappa shape index (κ1) is 11.0. The number of hydrogen-bond donors (Lipinski definition) is 0. The van der Waals surface area contributed by atoms with E-state index in [4.69, 9.17) is 0 Å². The first-order valence-electron chi connectivity index (χ1n) is 6.53. The van der Waals surface area contributed by atoms with Crippen molar-refractivity contribution in [2.75, 3.05) is 13.1 Å². The molecule has 1 atom stereocenters. The van der Waals surface area contributed by atoms with Crippen LogP contribution in [0, 0.1) is 11.3 Å².